The Morgan fingerprint density at radius 3 is 2.17 bits per heavy atom. The molecule has 0 aromatic heterocycles. The van der Waals surface area contributed by atoms with Gasteiger partial charge in [-0.05, 0) is 63.1 Å². The molecule has 2 amide bonds. The van der Waals surface area contributed by atoms with Crippen LogP contribution in [0.5, 0.6) is 11.5 Å². The highest BCUT2D eigenvalue weighted by Gasteiger charge is 2.36. The summed E-state index contributed by atoms with van der Waals surface area (Å²) >= 11 is 6.46. The molecule has 0 bridgehead atoms. The quantitative estimate of drug-likeness (QED) is 0.297. The third-order valence-corrected chi connectivity index (χ3v) is 8.59. The minimum atomic E-state index is -4.28. The Balaban J connectivity index is 2.16. The van der Waals surface area contributed by atoms with E-state index >= 15 is 0 Å². The van der Waals surface area contributed by atoms with E-state index in [1.54, 1.807) is 61.5 Å². The van der Waals surface area contributed by atoms with Crippen molar-refractivity contribution in [1.29, 1.82) is 0 Å². The highest BCUT2D eigenvalue weighted by Crippen LogP contribution is 2.36. The maximum absolute atomic E-state index is 14.3. The number of nitrogens with one attached hydrogen (secondary N) is 1. The fourth-order valence-electron chi connectivity index (χ4n) is 4.41. The highest BCUT2D eigenvalue weighted by molar-refractivity contribution is 7.92. The predicted molar refractivity (Wildman–Crippen MR) is 164 cm³/mol. The van der Waals surface area contributed by atoms with Crippen LogP contribution >= 0.6 is 11.6 Å². The van der Waals surface area contributed by atoms with Gasteiger partial charge in [-0.2, -0.15) is 0 Å². The molecule has 0 saturated carbocycles. The number of methoxy groups -OCH3 is 2. The number of hydrogen-bond donors (Lipinski definition) is 1. The molecule has 0 aliphatic heterocycles. The molecule has 1 unspecified atom stereocenters. The number of anilines is 1. The van der Waals surface area contributed by atoms with Crippen molar-refractivity contribution in [2.45, 2.75) is 57.1 Å². The van der Waals surface area contributed by atoms with Crippen molar-refractivity contribution in [2.75, 3.05) is 25.1 Å². The van der Waals surface area contributed by atoms with Crippen LogP contribution in [0.1, 0.15) is 39.7 Å². The number of hydrogen-bond acceptors (Lipinski definition) is 6. The molecule has 3 aromatic rings. The monoisotopic (exact) mass is 615 g/mol. The predicted octanol–water partition coefficient (Wildman–Crippen LogP) is 5.27. The second-order valence-corrected chi connectivity index (χ2v) is 12.9. The summed E-state index contributed by atoms with van der Waals surface area (Å²) < 4.78 is 40.0. The summed E-state index contributed by atoms with van der Waals surface area (Å²) in [6.45, 7) is 6.71. The molecule has 0 saturated heterocycles. The van der Waals surface area contributed by atoms with Crippen molar-refractivity contribution in [1.82, 2.24) is 10.2 Å². The third kappa shape index (κ3) is 7.95. The van der Waals surface area contributed by atoms with E-state index in [4.69, 9.17) is 21.1 Å². The van der Waals surface area contributed by atoms with E-state index in [2.05, 4.69) is 5.32 Å². The number of halogens is 1. The Morgan fingerprint density at radius 1 is 0.952 bits per heavy atom. The summed E-state index contributed by atoms with van der Waals surface area (Å²) in [6.07, 6.45) is 0.284. The molecule has 3 aromatic carbocycles. The molecule has 3 rings (SSSR count). The minimum absolute atomic E-state index is 0.0109. The fraction of sp³-hybridized carbons (Fsp3) is 0.355. The summed E-state index contributed by atoms with van der Waals surface area (Å²) in [6, 6.07) is 18.6. The van der Waals surface area contributed by atoms with Gasteiger partial charge in [-0.1, -0.05) is 54.9 Å². The van der Waals surface area contributed by atoms with E-state index in [0.717, 1.165) is 4.31 Å². The number of carbonyl (C=O) groups excluding carboxylic acids is 2. The van der Waals surface area contributed by atoms with Crippen molar-refractivity contribution in [3.8, 4) is 11.5 Å². The summed E-state index contributed by atoms with van der Waals surface area (Å²) in [7, 11) is -1.41. The van der Waals surface area contributed by atoms with Crippen molar-refractivity contribution >= 4 is 39.1 Å². The van der Waals surface area contributed by atoms with Gasteiger partial charge in [-0.25, -0.2) is 8.42 Å². The average Bonchev–Trinajstić information content (AvgIpc) is 2.95. The largest absolute Gasteiger partial charge is 0.497 e. The number of nitrogens with zero attached hydrogens (tertiary/aromatic N) is 2. The second kappa shape index (κ2) is 13.9. The Kier molecular flexibility index (Phi) is 10.9. The lowest BCUT2D eigenvalue weighted by Crippen LogP contribution is -2.55. The van der Waals surface area contributed by atoms with Gasteiger partial charge in [-0.15, -0.1) is 0 Å². The lowest BCUT2D eigenvalue weighted by molar-refractivity contribution is -0.141. The number of carbonyl (C=O) groups is 2. The van der Waals surface area contributed by atoms with Gasteiger partial charge < -0.3 is 19.7 Å². The van der Waals surface area contributed by atoms with Gasteiger partial charge in [0.2, 0.25) is 11.8 Å². The van der Waals surface area contributed by atoms with Crippen molar-refractivity contribution in [2.24, 2.45) is 0 Å². The molecule has 11 heteroatoms. The van der Waals surface area contributed by atoms with E-state index in [1.165, 1.54) is 37.3 Å². The van der Waals surface area contributed by atoms with Gasteiger partial charge in [-0.3, -0.25) is 13.9 Å². The molecule has 42 heavy (non-hydrogen) atoms. The zero-order valence-electron chi connectivity index (χ0n) is 24.8. The number of ether oxygens (including phenoxy) is 2. The first-order valence-corrected chi connectivity index (χ1v) is 15.3. The SMILES string of the molecule is CCC(C(=O)NC(C)(C)C)N(Cc1ccccc1Cl)C(=O)CN(c1cc(OC)ccc1OC)S(=O)(=O)c1ccccc1. The standard InChI is InChI=1S/C31H38ClN3O6S/c1-7-26(30(37)33-31(2,3)4)34(20-22-13-11-12-16-25(22)32)29(36)21-35(42(38,39)24-14-9-8-10-15-24)27-19-23(40-5)17-18-28(27)41-6/h8-19,26H,7,20-21H2,1-6H3,(H,33,37). The molecular weight excluding hydrogens is 578 g/mol. The first-order chi connectivity index (χ1) is 19.8. The summed E-state index contributed by atoms with van der Waals surface area (Å²) in [5.74, 6) is -0.370. The molecule has 1 N–H and O–H groups in total. The minimum Gasteiger partial charge on any atom is -0.497 e. The number of amides is 2. The van der Waals surface area contributed by atoms with Crippen LogP contribution in [-0.4, -0.2) is 57.5 Å². The van der Waals surface area contributed by atoms with Crippen LogP contribution < -0.4 is 19.1 Å². The topological polar surface area (TPSA) is 105 Å². The highest BCUT2D eigenvalue weighted by atomic mass is 35.5. The van der Waals surface area contributed by atoms with E-state index in [0.29, 0.717) is 16.3 Å². The van der Waals surface area contributed by atoms with Gasteiger partial charge in [0.25, 0.3) is 10.0 Å². The first kappa shape index (κ1) is 32.8. The maximum atomic E-state index is 14.3. The zero-order chi connectivity index (χ0) is 31.1. The molecular formula is C31H38ClN3O6S. The van der Waals surface area contributed by atoms with E-state index in [-0.39, 0.29) is 35.2 Å². The molecule has 0 spiro atoms. The van der Waals surface area contributed by atoms with Gasteiger partial charge in [0.05, 0.1) is 24.8 Å². The average molecular weight is 616 g/mol. The molecule has 226 valence electrons. The van der Waals surface area contributed by atoms with E-state index in [9.17, 15) is 18.0 Å². The molecule has 0 aliphatic rings. The van der Waals surface area contributed by atoms with Crippen LogP contribution in [0, 0.1) is 0 Å². The van der Waals surface area contributed by atoms with Crippen LogP contribution in [-0.2, 0) is 26.2 Å². The molecule has 1 atom stereocenters. The zero-order valence-corrected chi connectivity index (χ0v) is 26.3. The van der Waals surface area contributed by atoms with Crippen LogP contribution in [0.15, 0.2) is 77.7 Å². The molecule has 9 nitrogen and oxygen atoms in total. The van der Waals surface area contributed by atoms with Crippen LogP contribution in [0.4, 0.5) is 5.69 Å². The lowest BCUT2D eigenvalue weighted by Gasteiger charge is -2.35. The third-order valence-electron chi connectivity index (χ3n) is 6.45. The van der Waals surface area contributed by atoms with Crippen LogP contribution in [0.3, 0.4) is 0 Å². The van der Waals surface area contributed by atoms with E-state index in [1.807, 2.05) is 20.8 Å². The summed E-state index contributed by atoms with van der Waals surface area (Å²) in [5.41, 5.74) is 0.171. The van der Waals surface area contributed by atoms with Gasteiger partial charge in [0, 0.05) is 23.2 Å². The molecule has 0 radical (unpaired) electrons. The molecule has 0 fully saturated rings. The van der Waals surface area contributed by atoms with Crippen molar-refractivity contribution < 1.29 is 27.5 Å². The molecule has 0 aliphatic carbocycles. The number of sulfonamides is 1. The fourth-order valence-corrected chi connectivity index (χ4v) is 6.04. The van der Waals surface area contributed by atoms with E-state index < -0.39 is 34.1 Å². The second-order valence-electron chi connectivity index (χ2n) is 10.6. The first-order valence-electron chi connectivity index (χ1n) is 13.5. The Morgan fingerprint density at radius 2 is 1.60 bits per heavy atom. The Bertz CT molecular complexity index is 1490. The normalized spacial score (nSPS) is 12.3. The Hall–Kier alpha value is -3.76. The Labute approximate surface area is 253 Å². The maximum Gasteiger partial charge on any atom is 0.264 e. The van der Waals surface area contributed by atoms with Gasteiger partial charge >= 0.3 is 0 Å². The molecule has 0 heterocycles. The van der Waals surface area contributed by atoms with Crippen molar-refractivity contribution in [3.05, 3.63) is 83.4 Å². The van der Waals surface area contributed by atoms with Gasteiger partial charge in [0.15, 0.2) is 0 Å². The smallest absolute Gasteiger partial charge is 0.264 e. The summed E-state index contributed by atoms with van der Waals surface area (Å²) in [5, 5.41) is 3.37. The number of benzene rings is 3. The van der Waals surface area contributed by atoms with Gasteiger partial charge in [0.1, 0.15) is 24.1 Å². The van der Waals surface area contributed by atoms with Crippen molar-refractivity contribution in [3.63, 3.8) is 0 Å². The van der Waals surface area contributed by atoms with Crippen LogP contribution in [0.2, 0.25) is 5.02 Å². The summed E-state index contributed by atoms with van der Waals surface area (Å²) in [4.78, 5) is 29.1. The van der Waals surface area contributed by atoms with Crippen LogP contribution in [0.25, 0.3) is 0 Å². The lowest BCUT2D eigenvalue weighted by atomic mass is 10.1. The number of rotatable bonds is 12.